The minimum Gasteiger partial charge on any atom is -0.412 e. The Bertz CT molecular complexity index is 104. The van der Waals surface area contributed by atoms with E-state index < -0.39 is 24.6 Å². The van der Waals surface area contributed by atoms with Crippen molar-refractivity contribution in [1.29, 1.82) is 0 Å². The Labute approximate surface area is 63.0 Å². The Kier molecular flexibility index (Phi) is 3.87. The molecule has 0 amide bonds. The van der Waals surface area contributed by atoms with Crippen molar-refractivity contribution in [1.82, 2.24) is 0 Å². The number of aliphatic hydroxyl groups excluding tert-OH is 4. The second-order valence-corrected chi connectivity index (χ2v) is 2.27. The van der Waals surface area contributed by atoms with Crippen LogP contribution in [-0.2, 0) is 4.74 Å². The van der Waals surface area contributed by atoms with Crippen LogP contribution >= 0.6 is 0 Å². The summed E-state index contributed by atoms with van der Waals surface area (Å²) in [6.45, 7) is -0.153. The Hall–Kier alpha value is -0.240. The lowest BCUT2D eigenvalue weighted by atomic mass is 10.1. The molecule has 6 heteroatoms. The van der Waals surface area contributed by atoms with Crippen molar-refractivity contribution in [3.63, 3.8) is 0 Å². The Morgan fingerprint density at radius 3 is 2.00 bits per heavy atom. The van der Waals surface area contributed by atoms with Crippen LogP contribution in [-0.4, -0.2) is 57.1 Å². The highest BCUT2D eigenvalue weighted by Crippen LogP contribution is 2.12. The van der Waals surface area contributed by atoms with Gasteiger partial charge in [0.25, 0.3) is 0 Å². The smallest absolute Gasteiger partial charge is 0.183 e. The average Bonchev–Trinajstić information content (AvgIpc) is 1.93. The van der Waals surface area contributed by atoms with Gasteiger partial charge >= 0.3 is 0 Å². The number of hydrogen-bond donors (Lipinski definition) is 4. The van der Waals surface area contributed by atoms with Crippen molar-refractivity contribution in [2.45, 2.75) is 24.6 Å². The second kappa shape index (κ2) is 3.96. The summed E-state index contributed by atoms with van der Waals surface area (Å²) in [6.07, 6.45) is -5.23. The third-order valence-corrected chi connectivity index (χ3v) is 1.47. The lowest BCUT2D eigenvalue weighted by molar-refractivity contribution is -0.252. The molecule has 0 aromatic heterocycles. The van der Waals surface area contributed by atoms with E-state index in [0.29, 0.717) is 0 Å². The molecule has 0 aromatic rings. The van der Waals surface area contributed by atoms with Crippen LogP contribution in [0.15, 0.2) is 0 Å². The molecule has 0 radical (unpaired) electrons. The summed E-state index contributed by atoms with van der Waals surface area (Å²) in [7, 11) is 0. The minimum absolute atomic E-state index is 0. The van der Waals surface area contributed by atoms with E-state index in [4.69, 9.17) is 20.4 Å². The summed E-state index contributed by atoms with van der Waals surface area (Å²) >= 11 is 0. The molecule has 1 heterocycles. The van der Waals surface area contributed by atoms with E-state index in [-0.39, 0.29) is 12.1 Å². The van der Waals surface area contributed by atoms with E-state index in [9.17, 15) is 0 Å². The highest BCUT2D eigenvalue weighted by atomic mass is 16.6. The average molecular weight is 168 g/mol. The van der Waals surface area contributed by atoms with E-state index in [1.54, 1.807) is 0 Å². The van der Waals surface area contributed by atoms with Gasteiger partial charge < -0.3 is 30.6 Å². The van der Waals surface area contributed by atoms with Gasteiger partial charge in [0.05, 0.1) is 6.61 Å². The van der Waals surface area contributed by atoms with Crippen LogP contribution in [0.5, 0.6) is 0 Å². The third-order valence-electron chi connectivity index (χ3n) is 1.47. The van der Waals surface area contributed by atoms with Gasteiger partial charge in [0.15, 0.2) is 6.29 Å². The van der Waals surface area contributed by atoms with Gasteiger partial charge in [0.1, 0.15) is 18.3 Å². The van der Waals surface area contributed by atoms with E-state index in [1.165, 1.54) is 0 Å². The van der Waals surface area contributed by atoms with Gasteiger partial charge in [-0.1, -0.05) is 0 Å². The predicted octanol–water partition coefficient (Wildman–Crippen LogP) is -3.41. The minimum atomic E-state index is -1.41. The summed E-state index contributed by atoms with van der Waals surface area (Å²) < 4.78 is 4.47. The second-order valence-electron chi connectivity index (χ2n) is 2.27. The van der Waals surface area contributed by atoms with Crippen LogP contribution in [0.3, 0.4) is 0 Å². The van der Waals surface area contributed by atoms with Gasteiger partial charge in [-0.15, -0.1) is 0 Å². The van der Waals surface area contributed by atoms with Gasteiger partial charge in [0, 0.05) is 0 Å². The zero-order chi connectivity index (χ0) is 7.72. The fourth-order valence-corrected chi connectivity index (χ4v) is 0.791. The van der Waals surface area contributed by atoms with Crippen molar-refractivity contribution < 1.29 is 30.6 Å². The molecular weight excluding hydrogens is 156 g/mol. The molecule has 4 atom stereocenters. The molecule has 68 valence electrons. The van der Waals surface area contributed by atoms with Crippen molar-refractivity contribution in [2.75, 3.05) is 6.61 Å². The predicted molar refractivity (Wildman–Crippen MR) is 33.6 cm³/mol. The number of rotatable bonds is 0. The maximum Gasteiger partial charge on any atom is 0.183 e. The zero-order valence-electron chi connectivity index (χ0n) is 5.71. The third kappa shape index (κ3) is 2.09. The summed E-state index contributed by atoms with van der Waals surface area (Å²) in [5.41, 5.74) is 0. The first-order valence-electron chi connectivity index (χ1n) is 2.97. The van der Waals surface area contributed by atoms with E-state index in [1.807, 2.05) is 0 Å². The highest BCUT2D eigenvalue weighted by Gasteiger charge is 2.36. The lowest BCUT2D eigenvalue weighted by Crippen LogP contribution is -2.52. The first-order chi connectivity index (χ1) is 4.63. The fraction of sp³-hybridized carbons (Fsp3) is 1.00. The number of aliphatic hydroxyl groups is 4. The molecule has 0 spiro atoms. The van der Waals surface area contributed by atoms with E-state index in [0.717, 1.165) is 0 Å². The number of hydrogen-bond acceptors (Lipinski definition) is 5. The maximum absolute atomic E-state index is 8.88. The molecule has 6 nitrogen and oxygen atoms in total. The van der Waals surface area contributed by atoms with Crippen LogP contribution in [0.1, 0.15) is 0 Å². The van der Waals surface area contributed by atoms with Crippen LogP contribution in [0.25, 0.3) is 0 Å². The van der Waals surface area contributed by atoms with Gasteiger partial charge in [-0.05, 0) is 0 Å². The molecule has 1 rings (SSSR count). The van der Waals surface area contributed by atoms with Crippen molar-refractivity contribution in [2.24, 2.45) is 0 Å². The Morgan fingerprint density at radius 1 is 1.00 bits per heavy atom. The number of ether oxygens (including phenoxy) is 1. The first-order valence-corrected chi connectivity index (χ1v) is 2.97. The molecule has 0 aliphatic carbocycles. The standard InChI is InChI=1S/C5H10O5.H2O/c6-2-1-10-5(9)4(8)3(2)7;/h2-9H,1H2;1H2/t2-,3+,4-,5-;/m1./s1. The Balaban J connectivity index is 0.000001000. The molecule has 1 aliphatic rings. The highest BCUT2D eigenvalue weighted by molar-refractivity contribution is 4.81. The topological polar surface area (TPSA) is 122 Å². The van der Waals surface area contributed by atoms with Gasteiger partial charge in [0.2, 0.25) is 0 Å². The summed E-state index contributed by atoms with van der Waals surface area (Å²) in [4.78, 5) is 0. The SMILES string of the molecule is O.O[C@@H]1[C@@H](O)[C@H](O)OC[C@H]1O. The van der Waals surface area contributed by atoms with Gasteiger partial charge in [-0.3, -0.25) is 0 Å². The van der Waals surface area contributed by atoms with Crippen molar-refractivity contribution in [3.05, 3.63) is 0 Å². The molecule has 6 N–H and O–H groups in total. The van der Waals surface area contributed by atoms with Crippen LogP contribution < -0.4 is 0 Å². The van der Waals surface area contributed by atoms with E-state index in [2.05, 4.69) is 4.74 Å². The molecule has 0 unspecified atom stereocenters. The first kappa shape index (κ1) is 10.8. The maximum atomic E-state index is 8.88. The zero-order valence-corrected chi connectivity index (χ0v) is 5.71. The van der Waals surface area contributed by atoms with E-state index >= 15 is 0 Å². The quantitative estimate of drug-likeness (QED) is 0.300. The summed E-state index contributed by atoms with van der Waals surface area (Å²) in [6, 6.07) is 0. The molecule has 1 aliphatic heterocycles. The molecule has 0 aromatic carbocycles. The lowest BCUT2D eigenvalue weighted by Gasteiger charge is -2.31. The van der Waals surface area contributed by atoms with Crippen molar-refractivity contribution in [3.8, 4) is 0 Å². The monoisotopic (exact) mass is 168 g/mol. The molecule has 1 saturated heterocycles. The fourth-order valence-electron chi connectivity index (χ4n) is 0.791. The Morgan fingerprint density at radius 2 is 1.55 bits per heavy atom. The van der Waals surface area contributed by atoms with Crippen LogP contribution in [0.2, 0.25) is 0 Å². The van der Waals surface area contributed by atoms with Crippen LogP contribution in [0, 0.1) is 0 Å². The molecule has 0 bridgehead atoms. The summed E-state index contributed by atoms with van der Waals surface area (Å²) in [5, 5.41) is 35.3. The van der Waals surface area contributed by atoms with Crippen LogP contribution in [0.4, 0.5) is 0 Å². The molecule has 1 fully saturated rings. The normalized spacial score (nSPS) is 44.7. The van der Waals surface area contributed by atoms with Gasteiger partial charge in [-0.2, -0.15) is 0 Å². The molecule has 0 saturated carbocycles. The summed E-state index contributed by atoms with van der Waals surface area (Å²) in [5.74, 6) is 0. The van der Waals surface area contributed by atoms with Crippen molar-refractivity contribution >= 4 is 0 Å². The molecular formula is C5H12O6. The molecule has 11 heavy (non-hydrogen) atoms. The van der Waals surface area contributed by atoms with Gasteiger partial charge in [-0.25, -0.2) is 0 Å². The largest absolute Gasteiger partial charge is 0.412 e.